The molecule has 0 aliphatic carbocycles. The molecule has 0 fully saturated rings. The summed E-state index contributed by atoms with van der Waals surface area (Å²) in [6, 6.07) is 11.6. The number of hydrogen-bond donors (Lipinski definition) is 1. The van der Waals surface area contributed by atoms with Crippen molar-refractivity contribution in [2.75, 3.05) is 20.3 Å². The highest BCUT2D eigenvalue weighted by molar-refractivity contribution is 9.10. The number of nitrogens with one attached hydrogen (secondary N) is 1. The van der Waals surface area contributed by atoms with Crippen LogP contribution in [0.2, 0.25) is 0 Å². The molecular weight excluding hydrogens is 458 g/mol. The van der Waals surface area contributed by atoms with Gasteiger partial charge in [-0.15, -0.1) is 0 Å². The van der Waals surface area contributed by atoms with E-state index in [1.807, 2.05) is 36.4 Å². The molecule has 5 nitrogen and oxygen atoms in total. The summed E-state index contributed by atoms with van der Waals surface area (Å²) in [4.78, 5) is 12.2. The Hall–Kier alpha value is -2.21. The van der Waals surface area contributed by atoms with Crippen LogP contribution >= 0.6 is 15.9 Å². The van der Waals surface area contributed by atoms with Crippen LogP contribution in [0.3, 0.4) is 0 Å². The Bertz CT molecular complexity index is 874. The second-order valence-electron chi connectivity index (χ2n) is 8.98. The van der Waals surface area contributed by atoms with E-state index in [1.165, 1.54) is 5.56 Å². The summed E-state index contributed by atoms with van der Waals surface area (Å²) in [6.45, 7) is 11.8. The molecule has 2 aromatic carbocycles. The van der Waals surface area contributed by atoms with Crippen LogP contribution in [0.4, 0.5) is 0 Å². The van der Waals surface area contributed by atoms with Crippen molar-refractivity contribution in [1.82, 2.24) is 5.32 Å². The fourth-order valence-electron chi connectivity index (χ4n) is 2.83. The standard InChI is InChI=1S/C25H34BrNO4/c1-17(2)11-12-30-22-9-7-18(13-23(22)29-6)15-27-24(28)16-31-21-10-8-19(14-20(21)26)25(3,4)5/h7-10,13-14,17H,11-12,15-16H2,1-6H3,(H,27,28). The number of hydrogen-bond acceptors (Lipinski definition) is 4. The van der Waals surface area contributed by atoms with E-state index in [4.69, 9.17) is 14.2 Å². The average molecular weight is 492 g/mol. The summed E-state index contributed by atoms with van der Waals surface area (Å²) < 4.78 is 17.8. The van der Waals surface area contributed by atoms with Crippen molar-refractivity contribution in [3.05, 3.63) is 52.0 Å². The van der Waals surface area contributed by atoms with Gasteiger partial charge in [-0.25, -0.2) is 0 Å². The second-order valence-corrected chi connectivity index (χ2v) is 9.83. The minimum Gasteiger partial charge on any atom is -0.493 e. The number of amides is 1. The van der Waals surface area contributed by atoms with E-state index < -0.39 is 0 Å². The van der Waals surface area contributed by atoms with Gasteiger partial charge < -0.3 is 19.5 Å². The zero-order valence-corrected chi connectivity index (χ0v) is 21.0. The molecule has 170 valence electrons. The van der Waals surface area contributed by atoms with Gasteiger partial charge in [-0.1, -0.05) is 46.8 Å². The summed E-state index contributed by atoms with van der Waals surface area (Å²) in [5.41, 5.74) is 2.17. The number of benzene rings is 2. The summed E-state index contributed by atoms with van der Waals surface area (Å²) in [5.74, 6) is 2.41. The molecular formula is C25H34BrNO4. The molecule has 1 amide bonds. The summed E-state index contributed by atoms with van der Waals surface area (Å²) in [7, 11) is 1.61. The minimum absolute atomic E-state index is 0.0501. The SMILES string of the molecule is COc1cc(CNC(=O)COc2ccc(C(C)(C)C)cc2Br)ccc1OCCC(C)C. The van der Waals surface area contributed by atoms with E-state index in [9.17, 15) is 4.79 Å². The fourth-order valence-corrected chi connectivity index (χ4v) is 3.32. The third-order valence-corrected chi connectivity index (χ3v) is 5.45. The Balaban J connectivity index is 1.87. The molecule has 31 heavy (non-hydrogen) atoms. The molecule has 2 aromatic rings. The monoisotopic (exact) mass is 491 g/mol. The van der Waals surface area contributed by atoms with Crippen molar-refractivity contribution >= 4 is 21.8 Å². The lowest BCUT2D eigenvalue weighted by molar-refractivity contribution is -0.123. The van der Waals surface area contributed by atoms with Crippen molar-refractivity contribution in [3.63, 3.8) is 0 Å². The summed E-state index contributed by atoms with van der Waals surface area (Å²) in [6.07, 6.45) is 0.982. The maximum absolute atomic E-state index is 12.2. The Labute approximate surface area is 194 Å². The molecule has 0 spiro atoms. The molecule has 0 saturated heterocycles. The Morgan fingerprint density at radius 1 is 1.03 bits per heavy atom. The highest BCUT2D eigenvalue weighted by Gasteiger charge is 2.16. The number of carbonyl (C=O) groups is 1. The molecule has 1 N–H and O–H groups in total. The van der Waals surface area contributed by atoms with Crippen LogP contribution in [-0.4, -0.2) is 26.2 Å². The van der Waals surface area contributed by atoms with Gasteiger partial charge in [-0.05, 0) is 69.1 Å². The smallest absolute Gasteiger partial charge is 0.258 e. The van der Waals surface area contributed by atoms with Gasteiger partial charge in [0, 0.05) is 6.54 Å². The number of rotatable bonds is 10. The normalized spacial score (nSPS) is 11.4. The molecule has 0 aliphatic rings. The molecule has 0 unspecified atom stereocenters. The van der Waals surface area contributed by atoms with E-state index in [0.717, 1.165) is 16.5 Å². The molecule has 2 rings (SSSR count). The van der Waals surface area contributed by atoms with Gasteiger partial charge in [0.15, 0.2) is 18.1 Å². The Morgan fingerprint density at radius 2 is 1.74 bits per heavy atom. The van der Waals surface area contributed by atoms with Crippen LogP contribution in [-0.2, 0) is 16.8 Å². The molecule has 6 heteroatoms. The van der Waals surface area contributed by atoms with E-state index in [-0.39, 0.29) is 17.9 Å². The van der Waals surface area contributed by atoms with E-state index in [0.29, 0.717) is 36.3 Å². The molecule has 0 radical (unpaired) electrons. The van der Waals surface area contributed by atoms with E-state index in [1.54, 1.807) is 7.11 Å². The Kier molecular flexibility index (Phi) is 9.23. The van der Waals surface area contributed by atoms with Crippen LogP contribution in [0.1, 0.15) is 52.2 Å². The van der Waals surface area contributed by atoms with Crippen LogP contribution < -0.4 is 19.5 Å². The predicted octanol–water partition coefficient (Wildman–Crippen LogP) is 5.88. The first-order valence-electron chi connectivity index (χ1n) is 10.6. The van der Waals surface area contributed by atoms with Crippen molar-refractivity contribution in [1.29, 1.82) is 0 Å². The van der Waals surface area contributed by atoms with Gasteiger partial charge in [-0.2, -0.15) is 0 Å². The van der Waals surface area contributed by atoms with Gasteiger partial charge >= 0.3 is 0 Å². The number of halogens is 1. The first kappa shape index (κ1) is 25.1. The van der Waals surface area contributed by atoms with Crippen molar-refractivity contribution in [3.8, 4) is 17.2 Å². The zero-order valence-electron chi connectivity index (χ0n) is 19.4. The van der Waals surface area contributed by atoms with Crippen molar-refractivity contribution in [2.45, 2.75) is 53.0 Å². The first-order chi connectivity index (χ1) is 14.6. The van der Waals surface area contributed by atoms with Crippen LogP contribution in [0.25, 0.3) is 0 Å². The number of ether oxygens (including phenoxy) is 3. The average Bonchev–Trinajstić information content (AvgIpc) is 2.70. The van der Waals surface area contributed by atoms with E-state index >= 15 is 0 Å². The first-order valence-corrected chi connectivity index (χ1v) is 11.4. The lowest BCUT2D eigenvalue weighted by Crippen LogP contribution is -2.28. The Morgan fingerprint density at radius 3 is 2.35 bits per heavy atom. The third-order valence-electron chi connectivity index (χ3n) is 4.83. The largest absolute Gasteiger partial charge is 0.493 e. The summed E-state index contributed by atoms with van der Waals surface area (Å²) in [5, 5.41) is 2.88. The maximum atomic E-state index is 12.2. The van der Waals surface area contributed by atoms with Gasteiger partial charge in [0.25, 0.3) is 5.91 Å². The minimum atomic E-state index is -0.192. The quantitative estimate of drug-likeness (QED) is 0.451. The predicted molar refractivity (Wildman–Crippen MR) is 128 cm³/mol. The van der Waals surface area contributed by atoms with Crippen LogP contribution in [0, 0.1) is 5.92 Å². The molecule has 0 heterocycles. The lowest BCUT2D eigenvalue weighted by Gasteiger charge is -2.20. The highest BCUT2D eigenvalue weighted by atomic mass is 79.9. The number of methoxy groups -OCH3 is 1. The maximum Gasteiger partial charge on any atom is 0.258 e. The van der Waals surface area contributed by atoms with Crippen molar-refractivity contribution < 1.29 is 19.0 Å². The van der Waals surface area contributed by atoms with Crippen molar-refractivity contribution in [2.24, 2.45) is 5.92 Å². The van der Waals surface area contributed by atoms with Crippen LogP contribution in [0.5, 0.6) is 17.2 Å². The fraction of sp³-hybridized carbons (Fsp3) is 0.480. The lowest BCUT2D eigenvalue weighted by atomic mass is 9.87. The molecule has 0 atom stereocenters. The van der Waals surface area contributed by atoms with Gasteiger partial charge in [-0.3, -0.25) is 4.79 Å². The molecule has 0 bridgehead atoms. The topological polar surface area (TPSA) is 56.8 Å². The van der Waals surface area contributed by atoms with Gasteiger partial charge in [0.05, 0.1) is 18.2 Å². The second kappa shape index (κ2) is 11.4. The van der Waals surface area contributed by atoms with Gasteiger partial charge in [0.2, 0.25) is 0 Å². The summed E-state index contributed by atoms with van der Waals surface area (Å²) >= 11 is 3.53. The molecule has 0 aromatic heterocycles. The van der Waals surface area contributed by atoms with Gasteiger partial charge in [0.1, 0.15) is 5.75 Å². The zero-order chi connectivity index (χ0) is 23.0. The molecule has 0 aliphatic heterocycles. The number of carbonyl (C=O) groups excluding carboxylic acids is 1. The van der Waals surface area contributed by atoms with Crippen LogP contribution in [0.15, 0.2) is 40.9 Å². The highest BCUT2D eigenvalue weighted by Crippen LogP contribution is 2.31. The van der Waals surface area contributed by atoms with E-state index in [2.05, 4.69) is 55.9 Å². The third kappa shape index (κ3) is 8.09. The molecule has 0 saturated carbocycles.